The summed E-state index contributed by atoms with van der Waals surface area (Å²) < 4.78 is 5.30. The molecule has 98 valence electrons. The van der Waals surface area contributed by atoms with Crippen molar-refractivity contribution in [3.8, 4) is 0 Å². The Bertz CT molecular complexity index is 445. The fraction of sp³-hybridized carbons (Fsp3) is 0.714. The van der Waals surface area contributed by atoms with Gasteiger partial charge in [-0.25, -0.2) is 0 Å². The molecule has 0 amide bonds. The molecule has 18 heavy (non-hydrogen) atoms. The Morgan fingerprint density at radius 2 is 1.78 bits per heavy atom. The normalized spacial score (nSPS) is 20.8. The minimum atomic E-state index is 0.343. The van der Waals surface area contributed by atoms with Gasteiger partial charge in [-0.05, 0) is 25.7 Å². The van der Waals surface area contributed by atoms with Crippen molar-refractivity contribution in [2.45, 2.75) is 52.0 Å². The van der Waals surface area contributed by atoms with E-state index in [1.807, 2.05) is 0 Å². The van der Waals surface area contributed by atoms with Crippen molar-refractivity contribution in [2.24, 2.45) is 0 Å². The SMILES string of the molecule is CC(C)c1noc(CN2CCC(=C3CC3)CC2)n1. The molecule has 0 unspecified atom stereocenters. The summed E-state index contributed by atoms with van der Waals surface area (Å²) in [7, 11) is 0. The minimum absolute atomic E-state index is 0.343. The summed E-state index contributed by atoms with van der Waals surface area (Å²) in [5.41, 5.74) is 3.45. The van der Waals surface area contributed by atoms with Crippen molar-refractivity contribution in [3.63, 3.8) is 0 Å². The van der Waals surface area contributed by atoms with Crippen LogP contribution in [0.25, 0.3) is 0 Å². The van der Waals surface area contributed by atoms with E-state index in [-0.39, 0.29) is 0 Å². The van der Waals surface area contributed by atoms with Crippen molar-refractivity contribution < 1.29 is 4.52 Å². The number of hydrogen-bond acceptors (Lipinski definition) is 4. The Balaban J connectivity index is 1.55. The Labute approximate surface area is 108 Å². The predicted octanol–water partition coefficient (Wildman–Crippen LogP) is 2.88. The van der Waals surface area contributed by atoms with Crippen LogP contribution >= 0.6 is 0 Å². The van der Waals surface area contributed by atoms with E-state index in [0.29, 0.717) is 5.92 Å². The van der Waals surface area contributed by atoms with Gasteiger partial charge in [-0.2, -0.15) is 4.98 Å². The molecule has 0 N–H and O–H groups in total. The molecule has 2 fully saturated rings. The van der Waals surface area contributed by atoms with Crippen LogP contribution in [0.4, 0.5) is 0 Å². The number of nitrogens with zero attached hydrogens (tertiary/aromatic N) is 3. The van der Waals surface area contributed by atoms with E-state index in [2.05, 4.69) is 28.9 Å². The molecule has 2 aliphatic rings. The Kier molecular flexibility index (Phi) is 3.20. The zero-order chi connectivity index (χ0) is 12.5. The van der Waals surface area contributed by atoms with Crippen molar-refractivity contribution in [3.05, 3.63) is 22.9 Å². The maximum atomic E-state index is 5.30. The number of allylic oxidation sites excluding steroid dienone is 1. The molecule has 1 aromatic rings. The zero-order valence-corrected chi connectivity index (χ0v) is 11.3. The summed E-state index contributed by atoms with van der Waals surface area (Å²) in [6, 6.07) is 0. The zero-order valence-electron chi connectivity index (χ0n) is 11.3. The largest absolute Gasteiger partial charge is 0.338 e. The van der Waals surface area contributed by atoms with Gasteiger partial charge < -0.3 is 4.52 Å². The monoisotopic (exact) mass is 247 g/mol. The van der Waals surface area contributed by atoms with E-state index in [4.69, 9.17) is 4.52 Å². The van der Waals surface area contributed by atoms with E-state index < -0.39 is 0 Å². The Hall–Kier alpha value is -1.16. The Morgan fingerprint density at radius 1 is 1.11 bits per heavy atom. The van der Waals surface area contributed by atoms with Crippen LogP contribution in [-0.2, 0) is 6.54 Å². The molecule has 1 saturated heterocycles. The highest BCUT2D eigenvalue weighted by Crippen LogP contribution is 2.36. The molecule has 2 heterocycles. The van der Waals surface area contributed by atoms with Gasteiger partial charge in [0.2, 0.25) is 5.89 Å². The number of likely N-dealkylation sites (tertiary alicyclic amines) is 1. The molecule has 3 rings (SSSR count). The first-order valence-corrected chi connectivity index (χ1v) is 6.97. The van der Waals surface area contributed by atoms with Gasteiger partial charge >= 0.3 is 0 Å². The van der Waals surface area contributed by atoms with Crippen LogP contribution < -0.4 is 0 Å². The highest BCUT2D eigenvalue weighted by Gasteiger charge is 2.23. The van der Waals surface area contributed by atoms with Crippen molar-refractivity contribution in [2.75, 3.05) is 13.1 Å². The van der Waals surface area contributed by atoms with Crippen molar-refractivity contribution in [1.82, 2.24) is 15.0 Å². The first-order valence-electron chi connectivity index (χ1n) is 6.97. The molecule has 1 aliphatic heterocycles. The summed E-state index contributed by atoms with van der Waals surface area (Å²) in [5.74, 6) is 1.93. The van der Waals surface area contributed by atoms with Crippen LogP contribution in [0, 0.1) is 0 Å². The van der Waals surface area contributed by atoms with E-state index in [1.54, 1.807) is 11.1 Å². The minimum Gasteiger partial charge on any atom is -0.338 e. The number of piperidine rings is 1. The lowest BCUT2D eigenvalue weighted by molar-refractivity contribution is 0.213. The smallest absolute Gasteiger partial charge is 0.240 e. The molecule has 1 aliphatic carbocycles. The average Bonchev–Trinajstić information content (AvgIpc) is 3.10. The molecule has 4 nitrogen and oxygen atoms in total. The molecule has 0 bridgehead atoms. The molecule has 0 radical (unpaired) electrons. The molecule has 1 aromatic heterocycles. The van der Waals surface area contributed by atoms with Crippen LogP contribution in [0.3, 0.4) is 0 Å². The number of rotatable bonds is 3. The van der Waals surface area contributed by atoms with Crippen LogP contribution in [0.5, 0.6) is 0 Å². The second-order valence-corrected chi connectivity index (χ2v) is 5.68. The predicted molar refractivity (Wildman–Crippen MR) is 69.2 cm³/mol. The average molecular weight is 247 g/mol. The fourth-order valence-corrected chi connectivity index (χ4v) is 2.51. The fourth-order valence-electron chi connectivity index (χ4n) is 2.51. The van der Waals surface area contributed by atoms with Crippen molar-refractivity contribution in [1.29, 1.82) is 0 Å². The van der Waals surface area contributed by atoms with E-state index >= 15 is 0 Å². The topological polar surface area (TPSA) is 42.2 Å². The Morgan fingerprint density at radius 3 is 2.33 bits per heavy atom. The third-order valence-electron chi connectivity index (χ3n) is 3.82. The van der Waals surface area contributed by atoms with Gasteiger partial charge in [0.25, 0.3) is 0 Å². The molecular weight excluding hydrogens is 226 g/mol. The summed E-state index contributed by atoms with van der Waals surface area (Å²) in [6.45, 7) is 7.26. The lowest BCUT2D eigenvalue weighted by Crippen LogP contribution is -2.30. The molecular formula is C14H21N3O. The molecule has 4 heteroatoms. The van der Waals surface area contributed by atoms with Crippen LogP contribution in [0.1, 0.15) is 57.2 Å². The van der Waals surface area contributed by atoms with Crippen LogP contribution in [-0.4, -0.2) is 28.1 Å². The first-order chi connectivity index (χ1) is 8.72. The van der Waals surface area contributed by atoms with Gasteiger partial charge in [-0.1, -0.05) is 30.2 Å². The highest BCUT2D eigenvalue weighted by molar-refractivity contribution is 5.26. The van der Waals surface area contributed by atoms with Gasteiger partial charge in [0.05, 0.1) is 6.54 Å². The summed E-state index contributed by atoms with van der Waals surface area (Å²) in [4.78, 5) is 6.86. The standard InChI is InChI=1S/C14H21N3O/c1-10(2)14-15-13(18-16-14)9-17-7-5-12(6-8-17)11-3-4-11/h10H,3-9H2,1-2H3. The molecule has 0 aromatic carbocycles. The van der Waals surface area contributed by atoms with E-state index in [0.717, 1.165) is 31.3 Å². The molecule has 0 atom stereocenters. The number of hydrogen-bond donors (Lipinski definition) is 0. The van der Waals surface area contributed by atoms with Gasteiger partial charge in [0.1, 0.15) is 0 Å². The highest BCUT2D eigenvalue weighted by atomic mass is 16.5. The van der Waals surface area contributed by atoms with Crippen LogP contribution in [0.15, 0.2) is 15.7 Å². The van der Waals surface area contributed by atoms with Crippen LogP contribution in [0.2, 0.25) is 0 Å². The first kappa shape index (κ1) is 11.9. The summed E-state index contributed by atoms with van der Waals surface area (Å²) >= 11 is 0. The van der Waals surface area contributed by atoms with Gasteiger partial charge in [-0.3, -0.25) is 4.90 Å². The van der Waals surface area contributed by atoms with E-state index in [1.165, 1.54) is 25.7 Å². The third kappa shape index (κ3) is 2.64. The van der Waals surface area contributed by atoms with Gasteiger partial charge in [-0.15, -0.1) is 0 Å². The molecule has 1 saturated carbocycles. The maximum Gasteiger partial charge on any atom is 0.240 e. The van der Waals surface area contributed by atoms with Gasteiger partial charge in [0.15, 0.2) is 5.82 Å². The van der Waals surface area contributed by atoms with Crippen molar-refractivity contribution >= 4 is 0 Å². The summed E-state index contributed by atoms with van der Waals surface area (Å²) in [6.07, 6.45) is 5.19. The quantitative estimate of drug-likeness (QED) is 0.770. The summed E-state index contributed by atoms with van der Waals surface area (Å²) in [5, 5.41) is 4.01. The lowest BCUT2D eigenvalue weighted by Gasteiger charge is -2.26. The maximum absolute atomic E-state index is 5.30. The third-order valence-corrected chi connectivity index (χ3v) is 3.82. The second-order valence-electron chi connectivity index (χ2n) is 5.68. The number of aromatic nitrogens is 2. The van der Waals surface area contributed by atoms with E-state index in [9.17, 15) is 0 Å². The lowest BCUT2D eigenvalue weighted by atomic mass is 10.0. The molecule has 0 spiro atoms. The van der Waals surface area contributed by atoms with Gasteiger partial charge in [0, 0.05) is 19.0 Å². The second kappa shape index (κ2) is 4.84.